The van der Waals surface area contributed by atoms with E-state index in [1.165, 1.54) is 11.1 Å². The lowest BCUT2D eigenvalue weighted by atomic mass is 9.75. The zero-order chi connectivity index (χ0) is 29.5. The van der Waals surface area contributed by atoms with Gasteiger partial charge in [-0.1, -0.05) is 66.7 Å². The van der Waals surface area contributed by atoms with E-state index in [2.05, 4.69) is 88.4 Å². The topological polar surface area (TPSA) is 58.9 Å². The standard InChI is InChI=1S/C38H40O4/c1-37(2)20-19-30-27(17-15-25-11-7-5-8-12-25)22-32(40)35(36(30)42-37)31-24-38(3,4)41-33-23-29(39)21-28(34(31)33)18-16-26-13-9-6-10-14-26/h5-14,19-23,31,39-40H,15-18,24H2,1-4H3. The van der Waals surface area contributed by atoms with Gasteiger partial charge in [0.2, 0.25) is 0 Å². The van der Waals surface area contributed by atoms with Crippen LogP contribution in [0.3, 0.4) is 0 Å². The third-order valence-electron chi connectivity index (χ3n) is 8.48. The Morgan fingerprint density at radius 3 is 1.98 bits per heavy atom. The summed E-state index contributed by atoms with van der Waals surface area (Å²) in [6, 6.07) is 26.4. The Kier molecular flexibility index (Phi) is 7.26. The maximum Gasteiger partial charge on any atom is 0.135 e. The van der Waals surface area contributed by atoms with Gasteiger partial charge in [-0.3, -0.25) is 0 Å². The highest BCUT2D eigenvalue weighted by Gasteiger charge is 2.41. The summed E-state index contributed by atoms with van der Waals surface area (Å²) in [4.78, 5) is 0. The largest absolute Gasteiger partial charge is 0.508 e. The van der Waals surface area contributed by atoms with Gasteiger partial charge in [-0.2, -0.15) is 0 Å². The number of aryl methyl sites for hydroxylation is 4. The van der Waals surface area contributed by atoms with E-state index in [9.17, 15) is 10.2 Å². The number of rotatable bonds is 7. The smallest absolute Gasteiger partial charge is 0.135 e. The average Bonchev–Trinajstić information content (AvgIpc) is 2.94. The van der Waals surface area contributed by atoms with Gasteiger partial charge in [0, 0.05) is 28.7 Å². The highest BCUT2D eigenvalue weighted by atomic mass is 16.5. The normalized spacial score (nSPS) is 18.0. The molecule has 0 amide bonds. The van der Waals surface area contributed by atoms with E-state index in [0.29, 0.717) is 12.2 Å². The molecule has 42 heavy (non-hydrogen) atoms. The van der Waals surface area contributed by atoms with E-state index in [4.69, 9.17) is 9.47 Å². The van der Waals surface area contributed by atoms with Gasteiger partial charge in [0.05, 0.1) is 0 Å². The number of phenolic OH excluding ortho intramolecular Hbond substituents is 2. The fraction of sp³-hybridized carbons (Fsp3) is 0.316. The second kappa shape index (κ2) is 10.9. The molecule has 4 heteroatoms. The van der Waals surface area contributed by atoms with E-state index in [1.807, 2.05) is 24.3 Å². The van der Waals surface area contributed by atoms with Gasteiger partial charge < -0.3 is 19.7 Å². The Bertz CT molecular complexity index is 1620. The molecule has 0 saturated heterocycles. The summed E-state index contributed by atoms with van der Waals surface area (Å²) in [5.74, 6) is 1.69. The minimum absolute atomic E-state index is 0.172. The van der Waals surface area contributed by atoms with E-state index in [0.717, 1.165) is 59.3 Å². The highest BCUT2D eigenvalue weighted by Crippen LogP contribution is 2.54. The van der Waals surface area contributed by atoms with Gasteiger partial charge in [0.25, 0.3) is 0 Å². The summed E-state index contributed by atoms with van der Waals surface area (Å²) in [6.45, 7) is 8.24. The fourth-order valence-corrected chi connectivity index (χ4v) is 6.53. The predicted molar refractivity (Wildman–Crippen MR) is 169 cm³/mol. The molecule has 2 aliphatic heterocycles. The zero-order valence-corrected chi connectivity index (χ0v) is 25.0. The molecule has 0 aliphatic carbocycles. The van der Waals surface area contributed by atoms with Crippen LogP contribution in [0.25, 0.3) is 6.08 Å². The van der Waals surface area contributed by atoms with Gasteiger partial charge in [0.1, 0.15) is 34.2 Å². The molecule has 2 aliphatic rings. The summed E-state index contributed by atoms with van der Waals surface area (Å²) in [5.41, 5.74) is 6.44. The molecule has 1 atom stereocenters. The first kappa shape index (κ1) is 28.0. The van der Waals surface area contributed by atoms with Crippen molar-refractivity contribution < 1.29 is 19.7 Å². The van der Waals surface area contributed by atoms with E-state index < -0.39 is 11.2 Å². The van der Waals surface area contributed by atoms with Crippen LogP contribution < -0.4 is 9.47 Å². The summed E-state index contributed by atoms with van der Waals surface area (Å²) in [7, 11) is 0. The van der Waals surface area contributed by atoms with Crippen molar-refractivity contribution in [2.75, 3.05) is 0 Å². The van der Waals surface area contributed by atoms with Crippen molar-refractivity contribution in [1.82, 2.24) is 0 Å². The monoisotopic (exact) mass is 560 g/mol. The molecule has 0 spiro atoms. The Hall–Kier alpha value is -4.18. The van der Waals surface area contributed by atoms with Crippen molar-refractivity contribution in [2.45, 2.75) is 76.9 Å². The molecule has 0 fully saturated rings. The Balaban J connectivity index is 1.47. The van der Waals surface area contributed by atoms with E-state index >= 15 is 0 Å². The van der Waals surface area contributed by atoms with Gasteiger partial charge in [-0.15, -0.1) is 0 Å². The molecule has 4 aromatic rings. The van der Waals surface area contributed by atoms with Crippen LogP contribution in [-0.2, 0) is 25.7 Å². The third-order valence-corrected chi connectivity index (χ3v) is 8.48. The Morgan fingerprint density at radius 1 is 0.714 bits per heavy atom. The number of benzene rings is 4. The molecule has 0 bridgehead atoms. The Labute approximate surface area is 249 Å². The maximum absolute atomic E-state index is 11.8. The minimum Gasteiger partial charge on any atom is -0.508 e. The summed E-state index contributed by atoms with van der Waals surface area (Å²) < 4.78 is 13.2. The number of phenols is 2. The molecule has 2 N–H and O–H groups in total. The first-order chi connectivity index (χ1) is 20.1. The second-order valence-corrected chi connectivity index (χ2v) is 12.9. The quantitative estimate of drug-likeness (QED) is 0.238. The molecular weight excluding hydrogens is 520 g/mol. The van der Waals surface area contributed by atoms with Crippen molar-refractivity contribution in [3.8, 4) is 23.0 Å². The molecule has 2 heterocycles. The molecule has 0 radical (unpaired) electrons. The number of hydrogen-bond acceptors (Lipinski definition) is 4. The highest BCUT2D eigenvalue weighted by molar-refractivity contribution is 5.72. The van der Waals surface area contributed by atoms with Crippen LogP contribution in [-0.4, -0.2) is 21.4 Å². The van der Waals surface area contributed by atoms with Gasteiger partial charge in [0.15, 0.2) is 0 Å². The molecule has 1 unspecified atom stereocenters. The van der Waals surface area contributed by atoms with E-state index in [-0.39, 0.29) is 17.4 Å². The molecule has 0 saturated carbocycles. The zero-order valence-electron chi connectivity index (χ0n) is 25.0. The van der Waals surface area contributed by atoms with Crippen molar-refractivity contribution in [3.05, 3.63) is 124 Å². The second-order valence-electron chi connectivity index (χ2n) is 12.9. The molecule has 6 rings (SSSR count). The maximum atomic E-state index is 11.8. The Morgan fingerprint density at radius 2 is 1.33 bits per heavy atom. The number of fused-ring (bicyclic) bond motifs is 2. The van der Waals surface area contributed by atoms with Crippen LogP contribution in [0.4, 0.5) is 0 Å². The van der Waals surface area contributed by atoms with Gasteiger partial charge in [-0.25, -0.2) is 0 Å². The molecule has 216 valence electrons. The third kappa shape index (κ3) is 5.76. The first-order valence-corrected chi connectivity index (χ1v) is 15.0. The van der Waals surface area contributed by atoms with Crippen LogP contribution in [0.5, 0.6) is 23.0 Å². The summed E-state index contributed by atoms with van der Waals surface area (Å²) in [6.07, 6.45) is 8.18. The van der Waals surface area contributed by atoms with Crippen molar-refractivity contribution in [2.24, 2.45) is 0 Å². The van der Waals surface area contributed by atoms with Crippen LogP contribution in [0.2, 0.25) is 0 Å². The first-order valence-electron chi connectivity index (χ1n) is 15.0. The lowest BCUT2D eigenvalue weighted by molar-refractivity contribution is 0.0752. The lowest BCUT2D eigenvalue weighted by Gasteiger charge is -2.41. The molecule has 0 aromatic heterocycles. The van der Waals surface area contributed by atoms with Crippen molar-refractivity contribution in [3.63, 3.8) is 0 Å². The van der Waals surface area contributed by atoms with Crippen molar-refractivity contribution >= 4 is 6.08 Å². The van der Waals surface area contributed by atoms with Crippen LogP contribution in [0.1, 0.15) is 79.0 Å². The minimum atomic E-state index is -0.513. The lowest BCUT2D eigenvalue weighted by Crippen LogP contribution is -2.36. The van der Waals surface area contributed by atoms with Crippen LogP contribution >= 0.6 is 0 Å². The van der Waals surface area contributed by atoms with E-state index in [1.54, 1.807) is 6.07 Å². The average molecular weight is 561 g/mol. The number of aromatic hydroxyl groups is 2. The number of ether oxygens (including phenoxy) is 2. The predicted octanol–water partition coefficient (Wildman–Crippen LogP) is 8.55. The molecule has 4 nitrogen and oxygen atoms in total. The summed E-state index contributed by atoms with van der Waals surface area (Å²) >= 11 is 0. The fourth-order valence-electron chi connectivity index (χ4n) is 6.53. The summed E-state index contributed by atoms with van der Waals surface area (Å²) in [5, 5.41) is 22.6. The number of hydrogen-bond donors (Lipinski definition) is 2. The van der Waals surface area contributed by atoms with Gasteiger partial charge in [-0.05, 0) is 100 Å². The SMILES string of the molecule is CC1(C)C=Cc2c(CCc3ccccc3)cc(O)c(C3CC(C)(C)Oc4cc(O)cc(CCc5ccccc5)c43)c2O1. The molecular formula is C38H40O4. The van der Waals surface area contributed by atoms with Gasteiger partial charge >= 0.3 is 0 Å². The van der Waals surface area contributed by atoms with Crippen LogP contribution in [0, 0.1) is 0 Å². The molecule has 4 aromatic carbocycles. The van der Waals surface area contributed by atoms with Crippen LogP contribution in [0.15, 0.2) is 84.9 Å². The van der Waals surface area contributed by atoms with Crippen molar-refractivity contribution in [1.29, 1.82) is 0 Å².